The number of nitrogens with one attached hydrogen (secondary N) is 5. The summed E-state index contributed by atoms with van der Waals surface area (Å²) in [5.74, 6) is -2.64. The van der Waals surface area contributed by atoms with Crippen LogP contribution in [0.2, 0.25) is 0 Å². The zero-order valence-electron chi connectivity index (χ0n) is 23.2. The molecule has 1 aromatic carbocycles. The molecule has 44 heavy (non-hydrogen) atoms. The number of nitrogen functional groups attached to an aromatic ring is 1. The second kappa shape index (κ2) is 16.7. The van der Waals surface area contributed by atoms with Crippen molar-refractivity contribution in [2.75, 3.05) is 41.4 Å². The molecule has 1 aliphatic rings. The lowest BCUT2D eigenvalue weighted by Crippen LogP contribution is -2.49. The zero-order valence-corrected chi connectivity index (χ0v) is 23.2. The summed E-state index contributed by atoms with van der Waals surface area (Å²) in [6.07, 6.45) is -5.01. The van der Waals surface area contributed by atoms with Gasteiger partial charge in [-0.1, -0.05) is 0 Å². The third-order valence-electron chi connectivity index (χ3n) is 6.23. The Hall–Kier alpha value is -4.82. The number of aliphatic hydroxyl groups is 4. The van der Waals surface area contributed by atoms with Crippen molar-refractivity contribution >= 4 is 47.3 Å². The molecule has 19 nitrogen and oxygen atoms in total. The van der Waals surface area contributed by atoms with Gasteiger partial charge in [-0.2, -0.15) is 4.98 Å². The predicted octanol–water partition coefficient (Wildman–Crippen LogP) is -3.69. The van der Waals surface area contributed by atoms with Crippen LogP contribution in [0, 0.1) is 0 Å². The number of fused-ring (bicyclic) bond motifs is 1. The average Bonchev–Trinajstić information content (AvgIpc) is 3.00. The molecule has 1 unspecified atom stereocenters. The number of hydrogen-bond donors (Lipinski definition) is 13. The Labute approximate surface area is 249 Å². The standard InChI is InChI=1S/C19H23N7O6.C6H13NO5/c20-19-25-15-14(17(30)26-19)23-11(8-22-15)7-21-10-3-1-9(2-4-10)16(29)24-12(18(31)32)5-6-13(27)28;7-3(1-8)5(11)6(12)4(10)2-9/h1-4,11-12,21,23H,5-8H2,(H,24,29)(H,27,28)(H,31,32)(H4,20,22,25,26,30);1,3-6,9-12H,2,7H2/t11-,12?;3-,4+,5+,6-/m10/s1. The fourth-order valence-electron chi connectivity index (χ4n) is 3.74. The number of aldehydes is 1. The Kier molecular flexibility index (Phi) is 13.4. The van der Waals surface area contributed by atoms with E-state index in [1.165, 1.54) is 12.1 Å². The van der Waals surface area contributed by atoms with E-state index < -0.39 is 54.8 Å². The summed E-state index contributed by atoms with van der Waals surface area (Å²) in [5.41, 5.74) is 11.4. The van der Waals surface area contributed by atoms with Gasteiger partial charge in [0, 0.05) is 30.8 Å². The molecule has 6 atom stereocenters. The number of carbonyl (C=O) groups excluding carboxylic acids is 2. The van der Waals surface area contributed by atoms with Gasteiger partial charge in [0.1, 0.15) is 36.3 Å². The van der Waals surface area contributed by atoms with Crippen molar-refractivity contribution < 1.29 is 49.8 Å². The van der Waals surface area contributed by atoms with E-state index in [0.717, 1.165) is 0 Å². The summed E-state index contributed by atoms with van der Waals surface area (Å²) in [6.45, 7) is 0.255. The second-order valence-corrected chi connectivity index (χ2v) is 9.60. The largest absolute Gasteiger partial charge is 0.481 e. The van der Waals surface area contributed by atoms with Crippen molar-refractivity contribution in [3.8, 4) is 0 Å². The number of nitrogens with zero attached hydrogens (tertiary/aromatic N) is 1. The minimum Gasteiger partial charge on any atom is -0.481 e. The van der Waals surface area contributed by atoms with Gasteiger partial charge < -0.3 is 68.2 Å². The summed E-state index contributed by atoms with van der Waals surface area (Å²) >= 11 is 0. The number of rotatable bonds is 14. The first-order chi connectivity index (χ1) is 20.8. The van der Waals surface area contributed by atoms with Crippen LogP contribution < -0.4 is 38.3 Å². The molecule has 0 bridgehead atoms. The van der Waals surface area contributed by atoms with Gasteiger partial charge in [-0.25, -0.2) is 4.79 Å². The predicted molar refractivity (Wildman–Crippen MR) is 155 cm³/mol. The highest BCUT2D eigenvalue weighted by atomic mass is 16.4. The number of anilines is 4. The number of carbonyl (C=O) groups is 4. The number of nitrogens with two attached hydrogens (primary N) is 2. The van der Waals surface area contributed by atoms with Gasteiger partial charge in [0.2, 0.25) is 5.95 Å². The molecule has 2 heterocycles. The van der Waals surface area contributed by atoms with Crippen molar-refractivity contribution in [3.05, 3.63) is 40.2 Å². The molecule has 0 spiro atoms. The van der Waals surface area contributed by atoms with Crippen molar-refractivity contribution in [2.24, 2.45) is 5.73 Å². The molecular weight excluding hydrogens is 588 g/mol. The Morgan fingerprint density at radius 3 is 2.34 bits per heavy atom. The monoisotopic (exact) mass is 624 g/mol. The van der Waals surface area contributed by atoms with E-state index in [1.54, 1.807) is 12.1 Å². The van der Waals surface area contributed by atoms with Crippen LogP contribution in [0.1, 0.15) is 23.2 Å². The number of aliphatic hydroxyl groups excluding tert-OH is 4. The molecule has 0 fully saturated rings. The van der Waals surface area contributed by atoms with Crippen molar-refractivity contribution in [2.45, 2.75) is 49.3 Å². The van der Waals surface area contributed by atoms with Gasteiger partial charge >= 0.3 is 11.9 Å². The number of hydrogen-bond acceptors (Lipinski definition) is 15. The maximum absolute atomic E-state index is 12.3. The SMILES string of the molecule is N[C@@H](C=O)[C@@H](O)[C@@H](O)[C@H](O)CO.Nc1nc2c(c(=O)[nH]1)N[C@H](CNc1ccc(C(=O)NC(CCC(=O)O)C(=O)O)cc1)CN2. The van der Waals surface area contributed by atoms with Crippen molar-refractivity contribution in [1.29, 1.82) is 0 Å². The smallest absolute Gasteiger partial charge is 0.326 e. The number of carboxylic acids is 2. The van der Waals surface area contributed by atoms with Crippen LogP contribution in [-0.2, 0) is 14.4 Å². The number of aliphatic carboxylic acids is 2. The minimum atomic E-state index is -1.62. The summed E-state index contributed by atoms with van der Waals surface area (Å²) in [7, 11) is 0. The third-order valence-corrected chi connectivity index (χ3v) is 6.23. The number of aromatic amines is 1. The minimum absolute atomic E-state index is 0.0281. The van der Waals surface area contributed by atoms with E-state index in [1.807, 2.05) is 0 Å². The molecule has 2 aromatic rings. The van der Waals surface area contributed by atoms with Crippen LogP contribution in [0.5, 0.6) is 0 Å². The summed E-state index contributed by atoms with van der Waals surface area (Å²) < 4.78 is 0. The van der Waals surface area contributed by atoms with Gasteiger partial charge in [0.05, 0.1) is 18.7 Å². The molecule has 0 aliphatic carbocycles. The van der Waals surface area contributed by atoms with Gasteiger partial charge in [-0.3, -0.25) is 19.4 Å². The van der Waals surface area contributed by atoms with Crippen LogP contribution in [0.4, 0.5) is 23.1 Å². The Balaban J connectivity index is 0.000000477. The van der Waals surface area contributed by atoms with Gasteiger partial charge in [-0.05, 0) is 30.7 Å². The highest BCUT2D eigenvalue weighted by molar-refractivity contribution is 5.97. The van der Waals surface area contributed by atoms with E-state index in [2.05, 4.69) is 31.2 Å². The van der Waals surface area contributed by atoms with Gasteiger partial charge in [0.25, 0.3) is 11.5 Å². The maximum Gasteiger partial charge on any atom is 0.326 e. The quantitative estimate of drug-likeness (QED) is 0.0899. The summed E-state index contributed by atoms with van der Waals surface area (Å²) in [5, 5.41) is 64.7. The number of aromatic nitrogens is 2. The van der Waals surface area contributed by atoms with Crippen molar-refractivity contribution in [1.82, 2.24) is 15.3 Å². The van der Waals surface area contributed by atoms with Gasteiger partial charge in [0.15, 0.2) is 5.82 Å². The van der Waals surface area contributed by atoms with Gasteiger partial charge in [-0.15, -0.1) is 0 Å². The Bertz CT molecular complexity index is 1340. The highest BCUT2D eigenvalue weighted by Gasteiger charge is 2.28. The highest BCUT2D eigenvalue weighted by Crippen LogP contribution is 2.20. The molecule has 3 rings (SSSR count). The first-order valence-electron chi connectivity index (χ1n) is 13.1. The van der Waals surface area contributed by atoms with E-state index in [9.17, 15) is 24.0 Å². The molecule has 15 N–H and O–H groups in total. The van der Waals surface area contributed by atoms with Crippen LogP contribution in [0.25, 0.3) is 0 Å². The lowest BCUT2D eigenvalue weighted by Gasteiger charge is -2.27. The number of benzene rings is 1. The lowest BCUT2D eigenvalue weighted by molar-refractivity contribution is -0.140. The maximum atomic E-state index is 12.3. The average molecular weight is 625 g/mol. The molecule has 0 saturated heterocycles. The number of carboxylic acid groups (broad SMARTS) is 2. The first kappa shape index (κ1) is 35.4. The fourth-order valence-corrected chi connectivity index (χ4v) is 3.74. The molecular formula is C25H36N8O11. The normalized spacial score (nSPS) is 17.0. The zero-order chi connectivity index (χ0) is 33.0. The topological polar surface area (TPSA) is 336 Å². The summed E-state index contributed by atoms with van der Waals surface area (Å²) in [6, 6.07) is 3.67. The number of H-pyrrole nitrogens is 1. The third kappa shape index (κ3) is 10.5. The van der Waals surface area contributed by atoms with Crippen LogP contribution >= 0.6 is 0 Å². The van der Waals surface area contributed by atoms with Crippen LogP contribution in [0.3, 0.4) is 0 Å². The lowest BCUT2D eigenvalue weighted by atomic mass is 10.0. The van der Waals surface area contributed by atoms with E-state index in [0.29, 0.717) is 30.3 Å². The molecule has 0 saturated carbocycles. The first-order valence-corrected chi connectivity index (χ1v) is 13.1. The molecule has 0 radical (unpaired) electrons. The molecule has 1 amide bonds. The number of amides is 1. The summed E-state index contributed by atoms with van der Waals surface area (Å²) in [4.78, 5) is 62.6. The van der Waals surface area contributed by atoms with Crippen LogP contribution in [0.15, 0.2) is 29.1 Å². The van der Waals surface area contributed by atoms with E-state index in [-0.39, 0.29) is 42.2 Å². The Morgan fingerprint density at radius 2 is 1.77 bits per heavy atom. The Morgan fingerprint density at radius 1 is 1.11 bits per heavy atom. The second-order valence-electron chi connectivity index (χ2n) is 9.60. The van der Waals surface area contributed by atoms with Crippen molar-refractivity contribution in [3.63, 3.8) is 0 Å². The van der Waals surface area contributed by atoms with Crippen LogP contribution in [-0.4, -0.2) is 121 Å². The molecule has 1 aromatic heterocycles. The van der Waals surface area contributed by atoms with E-state index >= 15 is 0 Å². The fraction of sp³-hybridized carbons (Fsp3) is 0.440. The molecule has 1 aliphatic heterocycles. The molecule has 242 valence electrons. The van der Waals surface area contributed by atoms with E-state index in [4.69, 9.17) is 42.1 Å². The molecule has 19 heteroatoms.